The van der Waals surface area contributed by atoms with E-state index in [4.69, 9.17) is 34.8 Å². The maximum absolute atomic E-state index is 13.2. The van der Waals surface area contributed by atoms with Crippen molar-refractivity contribution < 1.29 is 18.0 Å². The molecule has 0 spiro atoms. The molecule has 0 aromatic heterocycles. The van der Waals surface area contributed by atoms with Crippen LogP contribution in [-0.4, -0.2) is 17.4 Å². The van der Waals surface area contributed by atoms with E-state index < -0.39 is 17.1 Å². The molecule has 0 bridgehead atoms. The van der Waals surface area contributed by atoms with E-state index in [2.05, 4.69) is 0 Å². The Morgan fingerprint density at radius 3 is 2.19 bits per heavy atom. The van der Waals surface area contributed by atoms with Crippen LogP contribution in [0.4, 0.5) is 13.2 Å². The summed E-state index contributed by atoms with van der Waals surface area (Å²) in [5, 5.41) is 0.0533. The van der Waals surface area contributed by atoms with Crippen LogP contribution >= 0.6 is 34.8 Å². The van der Waals surface area contributed by atoms with Gasteiger partial charge in [-0.05, 0) is 47.4 Å². The lowest BCUT2D eigenvalue weighted by Crippen LogP contribution is -2.35. The van der Waals surface area contributed by atoms with Crippen LogP contribution in [-0.2, 0) is 23.9 Å². The molecule has 3 aromatic rings. The third kappa shape index (κ3) is 6.41. The lowest BCUT2D eigenvalue weighted by molar-refractivity contribution is -0.137. The summed E-state index contributed by atoms with van der Waals surface area (Å²) in [7, 11) is 0. The second-order valence-corrected chi connectivity index (χ2v) is 8.49. The first-order chi connectivity index (χ1) is 15.1. The number of alkyl halides is 4. The van der Waals surface area contributed by atoms with E-state index >= 15 is 0 Å². The fraction of sp³-hybridized carbons (Fsp3) is 0.208. The molecule has 0 aliphatic rings. The van der Waals surface area contributed by atoms with Crippen molar-refractivity contribution in [1.29, 1.82) is 0 Å². The van der Waals surface area contributed by atoms with Crippen LogP contribution in [0.5, 0.6) is 0 Å². The molecule has 1 atom stereocenters. The lowest BCUT2D eigenvalue weighted by atomic mass is 10.1. The zero-order valence-corrected chi connectivity index (χ0v) is 19.0. The number of hydrogen-bond donors (Lipinski definition) is 0. The maximum atomic E-state index is 13.2. The number of rotatable bonds is 7. The molecule has 1 amide bonds. The van der Waals surface area contributed by atoms with Gasteiger partial charge in [0.2, 0.25) is 5.91 Å². The number of hydrogen-bond acceptors (Lipinski definition) is 1. The van der Waals surface area contributed by atoms with Crippen LogP contribution in [0.15, 0.2) is 72.8 Å². The van der Waals surface area contributed by atoms with Crippen LogP contribution in [0.2, 0.25) is 10.0 Å². The van der Waals surface area contributed by atoms with E-state index in [1.807, 2.05) is 6.07 Å². The largest absolute Gasteiger partial charge is 0.416 e. The summed E-state index contributed by atoms with van der Waals surface area (Å²) in [5.41, 5.74) is 1.25. The Bertz CT molecular complexity index is 1060. The monoisotopic (exact) mass is 499 g/mol. The van der Waals surface area contributed by atoms with Crippen molar-refractivity contribution in [1.82, 2.24) is 4.90 Å². The molecular formula is C24H19Cl3F3NO. The summed E-state index contributed by atoms with van der Waals surface area (Å²) < 4.78 is 38.6. The van der Waals surface area contributed by atoms with Gasteiger partial charge in [0.05, 0.1) is 5.56 Å². The number of carbonyl (C=O) groups excluding carboxylic acids is 1. The minimum absolute atomic E-state index is 0.109. The van der Waals surface area contributed by atoms with Crippen molar-refractivity contribution in [2.45, 2.75) is 24.5 Å². The normalized spacial score (nSPS) is 12.4. The predicted octanol–water partition coefficient (Wildman–Crippen LogP) is 7.56. The average molecular weight is 501 g/mol. The molecule has 8 heteroatoms. The average Bonchev–Trinajstić information content (AvgIpc) is 2.77. The molecule has 2 nitrogen and oxygen atoms in total. The number of carbonyl (C=O) groups is 1. The molecular weight excluding hydrogens is 482 g/mol. The zero-order chi connectivity index (χ0) is 23.3. The van der Waals surface area contributed by atoms with Crippen LogP contribution < -0.4 is 0 Å². The molecule has 0 saturated carbocycles. The van der Waals surface area contributed by atoms with Crippen LogP contribution in [0.1, 0.15) is 27.6 Å². The van der Waals surface area contributed by atoms with E-state index in [1.54, 1.807) is 42.5 Å². The van der Waals surface area contributed by atoms with Gasteiger partial charge in [0.25, 0.3) is 0 Å². The Balaban J connectivity index is 1.82. The van der Waals surface area contributed by atoms with E-state index in [0.717, 1.165) is 17.7 Å². The molecule has 1 unspecified atom stereocenters. The summed E-state index contributed by atoms with van der Waals surface area (Å²) in [6.45, 7) is 0.384. The molecule has 0 heterocycles. The van der Waals surface area contributed by atoms with Gasteiger partial charge in [0, 0.05) is 23.1 Å². The van der Waals surface area contributed by atoms with Gasteiger partial charge in [0.15, 0.2) is 0 Å². The Kier molecular flexibility index (Phi) is 8.10. The first-order valence-corrected chi connectivity index (χ1v) is 10.9. The van der Waals surface area contributed by atoms with Crippen LogP contribution in [0.25, 0.3) is 0 Å². The molecule has 0 saturated heterocycles. The number of benzene rings is 3. The first-order valence-electron chi connectivity index (χ1n) is 9.73. The summed E-state index contributed by atoms with van der Waals surface area (Å²) in [5.74, 6) is -0.345. The van der Waals surface area contributed by atoms with Gasteiger partial charge >= 0.3 is 6.18 Å². The molecule has 0 fully saturated rings. The second kappa shape index (κ2) is 10.6. The van der Waals surface area contributed by atoms with Gasteiger partial charge in [-0.15, -0.1) is 11.6 Å². The van der Waals surface area contributed by atoms with Crippen LogP contribution in [0.3, 0.4) is 0 Å². The highest BCUT2D eigenvalue weighted by atomic mass is 35.5. The molecule has 32 heavy (non-hydrogen) atoms. The third-order valence-corrected chi connectivity index (χ3v) is 5.97. The highest BCUT2D eigenvalue weighted by Crippen LogP contribution is 2.30. The van der Waals surface area contributed by atoms with Gasteiger partial charge in [-0.2, -0.15) is 13.2 Å². The highest BCUT2D eigenvalue weighted by Gasteiger charge is 2.30. The smallest absolute Gasteiger partial charge is 0.336 e. The van der Waals surface area contributed by atoms with Gasteiger partial charge in [-0.25, -0.2) is 0 Å². The Morgan fingerprint density at radius 1 is 0.938 bits per heavy atom. The predicted molar refractivity (Wildman–Crippen MR) is 122 cm³/mol. The Hall–Kier alpha value is -2.21. The molecule has 0 aliphatic heterocycles. The van der Waals surface area contributed by atoms with Gasteiger partial charge in [0.1, 0.15) is 5.38 Å². The van der Waals surface area contributed by atoms with Crippen molar-refractivity contribution in [3.8, 4) is 0 Å². The molecule has 168 valence electrons. The SMILES string of the molecule is O=C(C(Cl)c1ccccc1)N(CCc1ccc(Cl)cc1Cl)Cc1ccc(C(F)(F)F)cc1. The minimum Gasteiger partial charge on any atom is -0.336 e. The van der Waals surface area contributed by atoms with E-state index in [0.29, 0.717) is 27.6 Å². The first kappa shape index (κ1) is 24.4. The van der Waals surface area contributed by atoms with Crippen molar-refractivity contribution in [2.75, 3.05) is 6.54 Å². The summed E-state index contributed by atoms with van der Waals surface area (Å²) in [6.07, 6.45) is -3.99. The second-order valence-electron chi connectivity index (χ2n) is 7.21. The molecule has 0 aliphatic carbocycles. The Morgan fingerprint density at radius 2 is 1.59 bits per heavy atom. The summed E-state index contributed by atoms with van der Waals surface area (Å²) in [4.78, 5) is 14.7. The van der Waals surface area contributed by atoms with Crippen molar-refractivity contribution in [3.63, 3.8) is 0 Å². The third-order valence-electron chi connectivity index (χ3n) is 4.94. The summed E-state index contributed by atoms with van der Waals surface area (Å²) >= 11 is 18.6. The van der Waals surface area contributed by atoms with Crippen LogP contribution in [0, 0.1) is 0 Å². The molecule has 0 N–H and O–H groups in total. The van der Waals surface area contributed by atoms with E-state index in [9.17, 15) is 18.0 Å². The number of amides is 1. The standard InChI is InChI=1S/C24H19Cl3F3NO/c25-20-11-8-17(21(26)14-20)12-13-31(23(32)22(27)18-4-2-1-3-5-18)15-16-6-9-19(10-7-16)24(28,29)30/h1-11,14,22H,12-13,15H2. The maximum Gasteiger partial charge on any atom is 0.416 e. The van der Waals surface area contributed by atoms with Crippen molar-refractivity contribution >= 4 is 40.7 Å². The van der Waals surface area contributed by atoms with Crippen molar-refractivity contribution in [2.24, 2.45) is 0 Å². The topological polar surface area (TPSA) is 20.3 Å². The van der Waals surface area contributed by atoms with Gasteiger partial charge < -0.3 is 4.90 Å². The Labute approximate surface area is 199 Å². The van der Waals surface area contributed by atoms with Gasteiger partial charge in [-0.3, -0.25) is 4.79 Å². The molecule has 3 rings (SSSR count). The van der Waals surface area contributed by atoms with Gasteiger partial charge in [-0.1, -0.05) is 71.7 Å². The molecule has 0 radical (unpaired) electrons. The number of nitrogens with zero attached hydrogens (tertiary/aromatic N) is 1. The fourth-order valence-corrected chi connectivity index (χ4v) is 3.98. The quantitative estimate of drug-likeness (QED) is 0.306. The fourth-order valence-electron chi connectivity index (χ4n) is 3.19. The molecule has 3 aromatic carbocycles. The summed E-state index contributed by atoms with van der Waals surface area (Å²) in [6, 6.07) is 18.7. The van der Waals surface area contributed by atoms with Crippen molar-refractivity contribution in [3.05, 3.63) is 105 Å². The minimum atomic E-state index is -4.42. The number of halogens is 6. The van der Waals surface area contributed by atoms with E-state index in [1.165, 1.54) is 17.0 Å². The van der Waals surface area contributed by atoms with E-state index in [-0.39, 0.29) is 19.0 Å². The zero-order valence-electron chi connectivity index (χ0n) is 16.8. The highest BCUT2D eigenvalue weighted by molar-refractivity contribution is 6.35. The lowest BCUT2D eigenvalue weighted by Gasteiger charge is -2.26.